The molecule has 1 saturated heterocycles. The minimum atomic E-state index is -3.77. The minimum absolute atomic E-state index is 0.0243. The number of nitrogens with zero attached hydrogens (tertiary/aromatic N) is 2. The smallest absolute Gasteiger partial charge is 0.260 e. The molecule has 0 aliphatic carbocycles. The molecule has 0 radical (unpaired) electrons. The number of benzene rings is 3. The maximum atomic E-state index is 13.2. The Balaban J connectivity index is 1.31. The van der Waals surface area contributed by atoms with Gasteiger partial charge in [0.15, 0.2) is 12.4 Å². The molecule has 3 aromatic rings. The number of hydrogen-bond donors (Lipinski definition) is 0. The first kappa shape index (κ1) is 24.6. The Hall–Kier alpha value is -3.56. The molecule has 0 N–H and O–H groups in total. The van der Waals surface area contributed by atoms with Crippen LogP contribution in [0.1, 0.15) is 22.3 Å². The maximum Gasteiger partial charge on any atom is 0.260 e. The van der Waals surface area contributed by atoms with E-state index in [1.54, 1.807) is 53.4 Å². The average molecular weight is 497 g/mol. The SMILES string of the molecule is O=C(c1ccccc1)c1ccc(OCC(=O)N2CCCN(S(=O)(=O)c3ccc(F)cc3)CC2)cc1. The van der Waals surface area contributed by atoms with Crippen molar-refractivity contribution in [1.29, 1.82) is 0 Å². The number of ether oxygens (including phenoxy) is 1. The monoisotopic (exact) mass is 496 g/mol. The first-order chi connectivity index (χ1) is 16.8. The predicted molar refractivity (Wildman–Crippen MR) is 128 cm³/mol. The molecule has 4 rings (SSSR count). The molecule has 1 fully saturated rings. The molecule has 0 saturated carbocycles. The van der Waals surface area contributed by atoms with Crippen molar-refractivity contribution >= 4 is 21.7 Å². The van der Waals surface area contributed by atoms with Gasteiger partial charge in [0.05, 0.1) is 4.90 Å². The van der Waals surface area contributed by atoms with Crippen LogP contribution in [0.25, 0.3) is 0 Å². The number of sulfonamides is 1. The van der Waals surface area contributed by atoms with Crippen LogP contribution in [0.3, 0.4) is 0 Å². The number of amides is 1. The highest BCUT2D eigenvalue weighted by Gasteiger charge is 2.28. The van der Waals surface area contributed by atoms with Gasteiger partial charge in [0.2, 0.25) is 10.0 Å². The van der Waals surface area contributed by atoms with Crippen LogP contribution in [0.2, 0.25) is 0 Å². The van der Waals surface area contributed by atoms with E-state index < -0.39 is 15.8 Å². The summed E-state index contributed by atoms with van der Waals surface area (Å²) in [4.78, 5) is 26.8. The van der Waals surface area contributed by atoms with Crippen LogP contribution < -0.4 is 4.74 Å². The molecule has 9 heteroatoms. The first-order valence-electron chi connectivity index (χ1n) is 11.2. The molecule has 3 aromatic carbocycles. The van der Waals surface area contributed by atoms with E-state index in [1.165, 1.54) is 16.4 Å². The fourth-order valence-electron chi connectivity index (χ4n) is 3.83. The summed E-state index contributed by atoms with van der Waals surface area (Å²) in [5.41, 5.74) is 1.11. The lowest BCUT2D eigenvalue weighted by Gasteiger charge is -2.22. The lowest BCUT2D eigenvalue weighted by Crippen LogP contribution is -2.39. The van der Waals surface area contributed by atoms with E-state index in [0.717, 1.165) is 12.1 Å². The van der Waals surface area contributed by atoms with Gasteiger partial charge in [-0.1, -0.05) is 30.3 Å². The van der Waals surface area contributed by atoms with Gasteiger partial charge in [-0.15, -0.1) is 0 Å². The van der Waals surface area contributed by atoms with E-state index in [0.29, 0.717) is 29.8 Å². The normalized spacial score (nSPS) is 14.8. The molecular formula is C26H25FN2O5S. The van der Waals surface area contributed by atoms with Crippen molar-refractivity contribution in [3.63, 3.8) is 0 Å². The number of hydrogen-bond acceptors (Lipinski definition) is 5. The number of carbonyl (C=O) groups is 2. The Kier molecular flexibility index (Phi) is 7.57. The van der Waals surface area contributed by atoms with Crippen molar-refractivity contribution in [3.05, 3.63) is 95.8 Å². The topological polar surface area (TPSA) is 84.0 Å². The second kappa shape index (κ2) is 10.8. The Morgan fingerprint density at radius 2 is 1.46 bits per heavy atom. The van der Waals surface area contributed by atoms with Crippen LogP contribution in [-0.2, 0) is 14.8 Å². The standard InChI is InChI=1S/C26H25FN2O5S/c27-22-9-13-24(14-10-22)35(32,33)29-16-4-15-28(17-18-29)25(30)19-34-23-11-7-21(8-12-23)26(31)20-5-2-1-3-6-20/h1-3,5-14H,4,15-19H2. The van der Waals surface area contributed by atoms with Crippen LogP contribution in [0.15, 0.2) is 83.8 Å². The summed E-state index contributed by atoms with van der Waals surface area (Å²) in [5, 5.41) is 0. The van der Waals surface area contributed by atoms with Gasteiger partial charge in [-0.05, 0) is 55.0 Å². The average Bonchev–Trinajstić information content (AvgIpc) is 3.15. The Morgan fingerprint density at radius 3 is 2.14 bits per heavy atom. The van der Waals surface area contributed by atoms with Crippen molar-refractivity contribution in [2.24, 2.45) is 0 Å². The zero-order valence-electron chi connectivity index (χ0n) is 19.0. The summed E-state index contributed by atoms with van der Waals surface area (Å²) >= 11 is 0. The molecule has 1 aliphatic rings. The van der Waals surface area contributed by atoms with E-state index in [4.69, 9.17) is 4.74 Å². The summed E-state index contributed by atoms with van der Waals surface area (Å²) < 4.78 is 45.8. The zero-order valence-corrected chi connectivity index (χ0v) is 19.8. The molecule has 1 heterocycles. The Labute approximate surface area is 203 Å². The quantitative estimate of drug-likeness (QED) is 0.469. The van der Waals surface area contributed by atoms with Gasteiger partial charge in [-0.2, -0.15) is 4.31 Å². The predicted octanol–water partition coefficient (Wildman–Crippen LogP) is 3.36. The second-order valence-electron chi connectivity index (χ2n) is 8.10. The van der Waals surface area contributed by atoms with Crippen molar-refractivity contribution in [2.75, 3.05) is 32.8 Å². The third kappa shape index (κ3) is 5.93. The largest absolute Gasteiger partial charge is 0.484 e. The lowest BCUT2D eigenvalue weighted by atomic mass is 10.0. The second-order valence-corrected chi connectivity index (χ2v) is 10.0. The molecule has 0 atom stereocenters. The summed E-state index contributed by atoms with van der Waals surface area (Å²) in [6, 6.07) is 20.2. The van der Waals surface area contributed by atoms with Crippen LogP contribution in [-0.4, -0.2) is 62.1 Å². The number of carbonyl (C=O) groups excluding carboxylic acids is 2. The third-order valence-electron chi connectivity index (χ3n) is 5.77. The van der Waals surface area contributed by atoms with Crippen molar-refractivity contribution in [2.45, 2.75) is 11.3 Å². The molecule has 0 unspecified atom stereocenters. The van der Waals surface area contributed by atoms with E-state index in [9.17, 15) is 22.4 Å². The van der Waals surface area contributed by atoms with Gasteiger partial charge in [0, 0.05) is 37.3 Å². The highest BCUT2D eigenvalue weighted by molar-refractivity contribution is 7.89. The zero-order chi connectivity index (χ0) is 24.8. The minimum Gasteiger partial charge on any atom is -0.484 e. The molecule has 0 aromatic heterocycles. The van der Waals surface area contributed by atoms with E-state index >= 15 is 0 Å². The van der Waals surface area contributed by atoms with Gasteiger partial charge in [0.25, 0.3) is 5.91 Å². The molecular weight excluding hydrogens is 471 g/mol. The highest BCUT2D eigenvalue weighted by Crippen LogP contribution is 2.19. The molecule has 1 aliphatic heterocycles. The molecule has 7 nitrogen and oxygen atoms in total. The van der Waals surface area contributed by atoms with Crippen molar-refractivity contribution in [3.8, 4) is 5.75 Å². The highest BCUT2D eigenvalue weighted by atomic mass is 32.2. The summed E-state index contributed by atoms with van der Waals surface area (Å²) in [5.74, 6) is -0.402. The van der Waals surface area contributed by atoms with Crippen LogP contribution in [0.5, 0.6) is 5.75 Å². The Bertz CT molecular complexity index is 1280. The molecule has 1 amide bonds. The molecule has 0 spiro atoms. The fraction of sp³-hybridized carbons (Fsp3) is 0.231. The van der Waals surface area contributed by atoms with Crippen LogP contribution >= 0.6 is 0 Å². The fourth-order valence-corrected chi connectivity index (χ4v) is 5.30. The lowest BCUT2D eigenvalue weighted by molar-refractivity contribution is -0.133. The number of rotatable bonds is 7. The van der Waals surface area contributed by atoms with Crippen LogP contribution in [0.4, 0.5) is 4.39 Å². The van der Waals surface area contributed by atoms with Gasteiger partial charge >= 0.3 is 0 Å². The summed E-state index contributed by atoms with van der Waals surface area (Å²) in [6.45, 7) is 0.842. The van der Waals surface area contributed by atoms with Gasteiger partial charge in [-0.3, -0.25) is 9.59 Å². The number of halogens is 1. The van der Waals surface area contributed by atoms with E-state index in [1.807, 2.05) is 6.07 Å². The first-order valence-corrected chi connectivity index (χ1v) is 12.6. The molecule has 35 heavy (non-hydrogen) atoms. The van der Waals surface area contributed by atoms with Crippen LogP contribution in [0, 0.1) is 5.82 Å². The van der Waals surface area contributed by atoms with Crippen molar-refractivity contribution in [1.82, 2.24) is 9.21 Å². The summed E-state index contributed by atoms with van der Waals surface area (Å²) in [7, 11) is -3.77. The van der Waals surface area contributed by atoms with E-state index in [-0.39, 0.29) is 42.8 Å². The van der Waals surface area contributed by atoms with E-state index in [2.05, 4.69) is 0 Å². The third-order valence-corrected chi connectivity index (χ3v) is 7.69. The van der Waals surface area contributed by atoms with Gasteiger partial charge in [0.1, 0.15) is 11.6 Å². The Morgan fingerprint density at radius 1 is 0.800 bits per heavy atom. The molecule has 0 bridgehead atoms. The van der Waals surface area contributed by atoms with Gasteiger partial charge < -0.3 is 9.64 Å². The van der Waals surface area contributed by atoms with Gasteiger partial charge in [-0.25, -0.2) is 12.8 Å². The summed E-state index contributed by atoms with van der Waals surface area (Å²) in [6.07, 6.45) is 0.475. The maximum absolute atomic E-state index is 13.2. The number of ketones is 1. The van der Waals surface area contributed by atoms with Crippen molar-refractivity contribution < 1.29 is 27.1 Å². The molecule has 182 valence electrons.